The summed E-state index contributed by atoms with van der Waals surface area (Å²) in [6.07, 6.45) is 22.5. The maximum Gasteiger partial charge on any atom is 0.158 e. The molecule has 2 aliphatic carbocycles. The predicted octanol–water partition coefficient (Wildman–Crippen LogP) is 7.24. The van der Waals surface area contributed by atoms with E-state index in [0.29, 0.717) is 5.78 Å². The van der Waals surface area contributed by atoms with Crippen molar-refractivity contribution in [2.75, 3.05) is 32.4 Å². The number of hydrogen-bond donors (Lipinski definition) is 0. The van der Waals surface area contributed by atoms with Crippen LogP contribution in [0.15, 0.2) is 42.5 Å². The van der Waals surface area contributed by atoms with E-state index >= 15 is 0 Å². The van der Waals surface area contributed by atoms with Crippen LogP contribution in [0.4, 0.5) is 0 Å². The van der Waals surface area contributed by atoms with Crippen molar-refractivity contribution in [3.05, 3.63) is 59.2 Å². The average Bonchev–Trinajstić information content (AvgIpc) is 2.83. The topological polar surface area (TPSA) is 23.6 Å². The lowest BCUT2D eigenvalue weighted by molar-refractivity contribution is -0.129. The highest BCUT2D eigenvalue weighted by Gasteiger charge is 2.37. The molecular weight excluding hydrogens is 460 g/mol. The van der Waals surface area contributed by atoms with Crippen LogP contribution in [-0.4, -0.2) is 47.4 Å². The van der Waals surface area contributed by atoms with Crippen LogP contribution in [0.25, 0.3) is 0 Å². The maximum absolute atomic E-state index is 14.0. The van der Waals surface area contributed by atoms with Gasteiger partial charge in [-0.2, -0.15) is 0 Å². The third-order valence-electron chi connectivity index (χ3n) is 8.05. The molecule has 1 aromatic carbocycles. The fourth-order valence-corrected chi connectivity index (χ4v) is 6.46. The van der Waals surface area contributed by atoms with Crippen molar-refractivity contribution < 1.29 is 4.79 Å². The summed E-state index contributed by atoms with van der Waals surface area (Å²) >= 11 is 1.73. The van der Waals surface area contributed by atoms with Crippen molar-refractivity contribution in [1.29, 1.82) is 0 Å². The quantitative estimate of drug-likeness (QED) is 0.180. The first-order chi connectivity index (χ1) is 17.7. The van der Waals surface area contributed by atoms with Crippen molar-refractivity contribution >= 4 is 17.7 Å². The van der Waals surface area contributed by atoms with Crippen LogP contribution < -0.4 is 0 Å². The van der Waals surface area contributed by atoms with Crippen molar-refractivity contribution in [1.82, 2.24) is 9.21 Å². The standard InChI is InChI=1S/C32H44N2OS/c1-26-16-14-21-29(30(26)27-17-8-4-3-5-9-18-27)31(32(35)28-19-15-20-28)34(36-2)25-13-7-12-24-33-22-10-6-11-23-33/h4,7-8,12,14,16,21,27-28,31H,3,5-6,10-11,13,15,17,19-20,22-25H2,1-2H3/b8-4-,12-7+. The molecule has 0 aromatic heterocycles. The highest BCUT2D eigenvalue weighted by Crippen LogP contribution is 2.41. The zero-order valence-electron chi connectivity index (χ0n) is 22.4. The average molecular weight is 505 g/mol. The van der Waals surface area contributed by atoms with E-state index in [-0.39, 0.29) is 17.9 Å². The number of carbonyl (C=O) groups is 1. The Morgan fingerprint density at radius 2 is 2.00 bits per heavy atom. The molecule has 3 aliphatic rings. The molecule has 1 saturated heterocycles. The van der Waals surface area contributed by atoms with Crippen LogP contribution in [0.5, 0.6) is 0 Å². The second-order valence-corrected chi connectivity index (χ2v) is 11.4. The van der Waals surface area contributed by atoms with Crippen molar-refractivity contribution in [2.45, 2.75) is 83.1 Å². The van der Waals surface area contributed by atoms with Crippen LogP contribution >= 0.6 is 11.9 Å². The maximum atomic E-state index is 14.0. The molecule has 2 atom stereocenters. The first-order valence-electron chi connectivity index (χ1n) is 14.1. The molecule has 4 rings (SSSR count). The molecule has 0 amide bonds. The molecule has 0 spiro atoms. The lowest BCUT2D eigenvalue weighted by atomic mass is 9.76. The summed E-state index contributed by atoms with van der Waals surface area (Å²) in [5.74, 6) is 7.74. The van der Waals surface area contributed by atoms with E-state index in [0.717, 1.165) is 51.6 Å². The van der Waals surface area contributed by atoms with E-state index in [1.807, 2.05) is 0 Å². The molecule has 1 heterocycles. The molecule has 0 bridgehead atoms. The molecule has 36 heavy (non-hydrogen) atoms. The van der Waals surface area contributed by atoms with Crippen LogP contribution in [0.3, 0.4) is 0 Å². The van der Waals surface area contributed by atoms with Gasteiger partial charge in [0.15, 0.2) is 5.78 Å². The van der Waals surface area contributed by atoms with E-state index in [1.165, 1.54) is 55.5 Å². The molecule has 3 nitrogen and oxygen atoms in total. The second-order valence-electron chi connectivity index (χ2n) is 10.6. The number of ketones is 1. The molecule has 1 saturated carbocycles. The lowest BCUT2D eigenvalue weighted by Crippen LogP contribution is -2.37. The third kappa shape index (κ3) is 7.15. The van der Waals surface area contributed by atoms with Crippen molar-refractivity contribution in [3.8, 4) is 11.8 Å². The minimum absolute atomic E-state index is 0.155. The normalized spacial score (nSPS) is 22.9. The summed E-state index contributed by atoms with van der Waals surface area (Å²) in [5, 5.41) is 0. The predicted molar refractivity (Wildman–Crippen MR) is 154 cm³/mol. The van der Waals surface area contributed by atoms with Gasteiger partial charge in [-0.1, -0.05) is 73.2 Å². The first-order valence-corrected chi connectivity index (χ1v) is 15.3. The van der Waals surface area contributed by atoms with Gasteiger partial charge in [0, 0.05) is 31.3 Å². The summed E-state index contributed by atoms with van der Waals surface area (Å²) in [5.41, 5.74) is 3.73. The molecule has 0 radical (unpaired) electrons. The van der Waals surface area contributed by atoms with Gasteiger partial charge in [0.1, 0.15) is 6.04 Å². The number of rotatable bonds is 11. The van der Waals surface area contributed by atoms with E-state index in [9.17, 15) is 4.79 Å². The Balaban J connectivity index is 1.55. The fraction of sp³-hybridized carbons (Fsp3) is 0.594. The van der Waals surface area contributed by atoms with Crippen LogP contribution in [-0.2, 0) is 4.79 Å². The molecule has 4 heteroatoms. The van der Waals surface area contributed by atoms with E-state index in [2.05, 4.69) is 76.7 Å². The van der Waals surface area contributed by atoms with Crippen molar-refractivity contribution in [2.24, 2.45) is 5.92 Å². The Bertz CT molecular complexity index is 978. The van der Waals surface area contributed by atoms with Crippen LogP contribution in [0.1, 0.15) is 92.9 Å². The van der Waals surface area contributed by atoms with Gasteiger partial charge in [-0.15, -0.1) is 5.92 Å². The van der Waals surface area contributed by atoms with Crippen molar-refractivity contribution in [3.63, 3.8) is 0 Å². The number of carbonyl (C=O) groups excluding carboxylic acids is 1. The molecular formula is C32H44N2OS. The summed E-state index contributed by atoms with van der Waals surface area (Å²) in [4.78, 5) is 16.5. The Kier molecular flexibility index (Phi) is 10.8. The number of piperidine rings is 1. The zero-order chi connectivity index (χ0) is 25.2. The molecule has 1 aromatic rings. The number of likely N-dealkylation sites (tertiary alicyclic amines) is 1. The Morgan fingerprint density at radius 3 is 2.75 bits per heavy atom. The molecule has 2 unspecified atom stereocenters. The summed E-state index contributed by atoms with van der Waals surface area (Å²) in [6.45, 7) is 6.59. The molecule has 194 valence electrons. The number of hydrogen-bond acceptors (Lipinski definition) is 4. The monoisotopic (exact) mass is 504 g/mol. The van der Waals surface area contributed by atoms with E-state index in [1.54, 1.807) is 11.9 Å². The minimum Gasteiger partial charge on any atom is -0.300 e. The number of aryl methyl sites for hydroxylation is 1. The second kappa shape index (κ2) is 14.2. The summed E-state index contributed by atoms with van der Waals surface area (Å²) in [6, 6.07) is 6.34. The number of nitrogens with zero attached hydrogens (tertiary/aromatic N) is 2. The van der Waals surface area contributed by atoms with Gasteiger partial charge in [0.05, 0.1) is 0 Å². The van der Waals surface area contributed by atoms with E-state index < -0.39 is 0 Å². The smallest absolute Gasteiger partial charge is 0.158 e. The Labute approximate surface area is 223 Å². The van der Waals surface area contributed by atoms with Crippen LogP contribution in [0, 0.1) is 24.7 Å². The van der Waals surface area contributed by atoms with Crippen LogP contribution in [0.2, 0.25) is 0 Å². The number of benzene rings is 1. The zero-order valence-corrected chi connectivity index (χ0v) is 23.2. The molecule has 0 N–H and O–H groups in total. The van der Waals surface area contributed by atoms with Gasteiger partial charge in [-0.25, -0.2) is 4.31 Å². The summed E-state index contributed by atoms with van der Waals surface area (Å²) in [7, 11) is 0. The number of allylic oxidation sites excluding steroid dienone is 2. The highest BCUT2D eigenvalue weighted by molar-refractivity contribution is 7.96. The Morgan fingerprint density at radius 1 is 1.17 bits per heavy atom. The first kappa shape index (κ1) is 27.2. The van der Waals surface area contributed by atoms with Gasteiger partial charge in [0.25, 0.3) is 0 Å². The largest absolute Gasteiger partial charge is 0.300 e. The molecule has 1 aliphatic heterocycles. The van der Waals surface area contributed by atoms with E-state index in [4.69, 9.17) is 0 Å². The lowest BCUT2D eigenvalue weighted by Gasteiger charge is -2.36. The minimum atomic E-state index is -0.202. The van der Waals surface area contributed by atoms with Gasteiger partial charge in [-0.3, -0.25) is 9.69 Å². The highest BCUT2D eigenvalue weighted by atomic mass is 32.2. The van der Waals surface area contributed by atoms with Gasteiger partial charge < -0.3 is 0 Å². The fourth-order valence-electron chi connectivity index (χ4n) is 5.75. The number of Topliss-reactive ketones (excluding diaryl/α,β-unsaturated/α-hetero) is 1. The summed E-state index contributed by atoms with van der Waals surface area (Å²) < 4.78 is 2.36. The Hall–Kier alpha value is -1.80. The third-order valence-corrected chi connectivity index (χ3v) is 8.91. The molecule has 2 fully saturated rings. The van der Waals surface area contributed by atoms with Gasteiger partial charge >= 0.3 is 0 Å². The van der Waals surface area contributed by atoms with Gasteiger partial charge in [-0.05, 0) is 87.9 Å². The van der Waals surface area contributed by atoms with Gasteiger partial charge in [0.2, 0.25) is 0 Å². The SMILES string of the molecule is CSN(CC/C=C/CN1CCCCC1)C(C(=O)C1CCC1)c1cccc(C)c1C1C#CCC/C=C\C1.